The van der Waals surface area contributed by atoms with Crippen molar-refractivity contribution in [3.8, 4) is 5.75 Å². The average molecular weight is 321 g/mol. The molecule has 0 radical (unpaired) electrons. The van der Waals surface area contributed by atoms with Crippen LogP contribution < -0.4 is 21.8 Å². The van der Waals surface area contributed by atoms with Crippen LogP contribution in [0.15, 0.2) is 46.2 Å². The van der Waals surface area contributed by atoms with Crippen molar-refractivity contribution in [1.82, 2.24) is 15.4 Å². The van der Waals surface area contributed by atoms with Crippen LogP contribution in [0.5, 0.6) is 5.75 Å². The van der Waals surface area contributed by atoms with E-state index in [4.69, 9.17) is 10.8 Å². The van der Waals surface area contributed by atoms with Crippen molar-refractivity contribution in [1.29, 1.82) is 0 Å². The minimum Gasteiger partial charge on any atom is -0.503 e. The summed E-state index contributed by atoms with van der Waals surface area (Å²) in [6.45, 7) is 5.83. The van der Waals surface area contributed by atoms with Gasteiger partial charge in [0.25, 0.3) is 5.91 Å². The van der Waals surface area contributed by atoms with Gasteiger partial charge in [-0.15, -0.1) is 0 Å². The maximum absolute atomic E-state index is 11.9. The fraction of sp³-hybridized carbons (Fsp3) is 0.214. The largest absolute Gasteiger partial charge is 0.503 e. The Balaban J connectivity index is 2.61. The molecule has 0 unspecified atom stereocenters. The Morgan fingerprint density at radius 1 is 1.48 bits per heavy atom. The lowest BCUT2D eigenvalue weighted by Crippen LogP contribution is -2.34. The van der Waals surface area contributed by atoms with Crippen LogP contribution in [0.2, 0.25) is 0 Å². The first-order valence-electron chi connectivity index (χ1n) is 6.68. The van der Waals surface area contributed by atoms with Crippen LogP contribution in [0.1, 0.15) is 17.4 Å². The number of aromatic hydroxyl groups is 1. The summed E-state index contributed by atoms with van der Waals surface area (Å²) in [6, 6.07) is 0.834. The highest BCUT2D eigenvalue weighted by atomic mass is 16.5. The summed E-state index contributed by atoms with van der Waals surface area (Å²) in [5, 5.41) is 24.1. The molecule has 0 saturated carbocycles. The summed E-state index contributed by atoms with van der Waals surface area (Å²) in [7, 11) is 0. The fourth-order valence-electron chi connectivity index (χ4n) is 1.62. The van der Waals surface area contributed by atoms with Crippen molar-refractivity contribution in [3.63, 3.8) is 0 Å². The Morgan fingerprint density at radius 3 is 2.74 bits per heavy atom. The molecule has 124 valence electrons. The first-order valence-corrected chi connectivity index (χ1v) is 6.68. The number of aliphatic imine (C=N–C) groups is 1. The monoisotopic (exact) mass is 321 g/mol. The molecule has 0 atom stereocenters. The molecule has 6 N–H and O–H groups in total. The van der Waals surface area contributed by atoms with Gasteiger partial charge in [0.15, 0.2) is 5.75 Å². The summed E-state index contributed by atoms with van der Waals surface area (Å²) < 4.78 is 0.377. The predicted octanol–water partition coefficient (Wildman–Crippen LogP) is -0.485. The van der Waals surface area contributed by atoms with E-state index in [-0.39, 0.29) is 18.1 Å². The molecule has 0 aliphatic heterocycles. The van der Waals surface area contributed by atoms with Gasteiger partial charge in [-0.3, -0.25) is 9.59 Å². The maximum Gasteiger partial charge on any atom is 0.271 e. The Labute approximate surface area is 132 Å². The Morgan fingerprint density at radius 2 is 2.13 bits per heavy atom. The number of hydrogen-bond donors (Lipinski definition) is 5. The summed E-state index contributed by atoms with van der Waals surface area (Å²) in [6.07, 6.45) is 3.78. The molecule has 9 heteroatoms. The van der Waals surface area contributed by atoms with Gasteiger partial charge in [0, 0.05) is 25.4 Å². The number of pyridine rings is 1. The van der Waals surface area contributed by atoms with Gasteiger partial charge >= 0.3 is 0 Å². The number of allylic oxidation sites excluding steroid dienone is 1. The van der Waals surface area contributed by atoms with Crippen molar-refractivity contribution in [2.24, 2.45) is 10.7 Å². The molecule has 9 nitrogen and oxygen atoms in total. The SMILES string of the molecule is C=C/C(NCCNC(=O)c1cc(=O)c(O)cn1O)=C(N)\N=C/C. The van der Waals surface area contributed by atoms with E-state index in [1.807, 2.05) is 0 Å². The van der Waals surface area contributed by atoms with E-state index in [9.17, 15) is 14.8 Å². The van der Waals surface area contributed by atoms with E-state index in [2.05, 4.69) is 22.2 Å². The van der Waals surface area contributed by atoms with Crippen LogP contribution in [0.4, 0.5) is 0 Å². The second-order valence-corrected chi connectivity index (χ2v) is 4.33. The van der Waals surface area contributed by atoms with Crippen LogP contribution in [0, 0.1) is 0 Å². The van der Waals surface area contributed by atoms with E-state index in [0.717, 1.165) is 12.3 Å². The second-order valence-electron chi connectivity index (χ2n) is 4.33. The Hall–Kier alpha value is -3.23. The lowest BCUT2D eigenvalue weighted by atomic mass is 10.3. The first kappa shape index (κ1) is 17.8. The van der Waals surface area contributed by atoms with Crippen LogP contribution >= 0.6 is 0 Å². The molecule has 1 amide bonds. The van der Waals surface area contributed by atoms with Gasteiger partial charge in [-0.2, -0.15) is 4.73 Å². The summed E-state index contributed by atoms with van der Waals surface area (Å²) in [4.78, 5) is 27.0. The van der Waals surface area contributed by atoms with Crippen LogP contribution in [-0.4, -0.2) is 40.3 Å². The third-order valence-electron chi connectivity index (χ3n) is 2.72. The number of nitrogens with one attached hydrogen (secondary N) is 2. The quantitative estimate of drug-likeness (QED) is 0.199. The number of nitrogens with two attached hydrogens (primary N) is 1. The number of nitrogens with zero attached hydrogens (tertiary/aromatic N) is 2. The molecule has 23 heavy (non-hydrogen) atoms. The molecule has 1 heterocycles. The molecule has 0 aromatic carbocycles. The van der Waals surface area contributed by atoms with E-state index in [0.29, 0.717) is 17.0 Å². The molecule has 1 rings (SSSR count). The van der Waals surface area contributed by atoms with Gasteiger partial charge in [0.1, 0.15) is 11.5 Å². The molecule has 1 aromatic heterocycles. The Bertz CT molecular complexity index is 706. The lowest BCUT2D eigenvalue weighted by molar-refractivity contribution is 0.0897. The lowest BCUT2D eigenvalue weighted by Gasteiger charge is -2.11. The van der Waals surface area contributed by atoms with Gasteiger partial charge in [-0.25, -0.2) is 4.99 Å². The minimum absolute atomic E-state index is 0.189. The van der Waals surface area contributed by atoms with Crippen molar-refractivity contribution < 1.29 is 15.1 Å². The topological polar surface area (TPSA) is 142 Å². The number of aromatic nitrogens is 1. The van der Waals surface area contributed by atoms with E-state index < -0.39 is 17.1 Å². The smallest absolute Gasteiger partial charge is 0.271 e. The van der Waals surface area contributed by atoms with E-state index in [1.165, 1.54) is 12.3 Å². The highest BCUT2D eigenvalue weighted by molar-refractivity contribution is 5.92. The summed E-state index contributed by atoms with van der Waals surface area (Å²) in [5.74, 6) is -1.06. The van der Waals surface area contributed by atoms with Gasteiger partial charge in [-0.1, -0.05) is 6.58 Å². The van der Waals surface area contributed by atoms with Crippen molar-refractivity contribution in [2.45, 2.75) is 6.92 Å². The minimum atomic E-state index is -0.763. The third-order valence-corrected chi connectivity index (χ3v) is 2.72. The molecule has 0 fully saturated rings. The van der Waals surface area contributed by atoms with Crippen LogP contribution in [0.3, 0.4) is 0 Å². The average Bonchev–Trinajstić information content (AvgIpc) is 2.50. The molecule has 0 saturated heterocycles. The van der Waals surface area contributed by atoms with Crippen molar-refractivity contribution >= 4 is 12.1 Å². The van der Waals surface area contributed by atoms with E-state index in [1.54, 1.807) is 6.92 Å². The molecule has 0 bridgehead atoms. The first-order chi connectivity index (χ1) is 10.9. The molecule has 0 aliphatic rings. The molecular weight excluding hydrogens is 302 g/mol. The number of carbonyl (C=O) groups excluding carboxylic acids is 1. The molecule has 0 aliphatic carbocycles. The van der Waals surface area contributed by atoms with Gasteiger partial charge in [0.2, 0.25) is 5.43 Å². The van der Waals surface area contributed by atoms with E-state index >= 15 is 0 Å². The predicted molar refractivity (Wildman–Crippen MR) is 85.5 cm³/mol. The number of amides is 1. The molecule has 0 spiro atoms. The van der Waals surface area contributed by atoms with Gasteiger partial charge in [-0.05, 0) is 13.0 Å². The van der Waals surface area contributed by atoms with Crippen LogP contribution in [-0.2, 0) is 0 Å². The zero-order chi connectivity index (χ0) is 17.4. The molecule has 1 aromatic rings. The number of rotatable bonds is 7. The fourth-order valence-corrected chi connectivity index (χ4v) is 1.62. The number of carbonyl (C=O) groups is 1. The molecular formula is C14H19N5O4. The standard InChI is InChI=1S/C14H19N5O4/c1-3-9(13(15)16-4-2)17-5-6-18-14(22)10-7-11(20)12(21)8-19(10)23/h3-4,7-8,17,21,23H,1,5-6,15H2,2H3,(H,18,22)/b13-9+,16-4-. The maximum atomic E-state index is 11.9. The summed E-state index contributed by atoms with van der Waals surface area (Å²) in [5.41, 5.74) is 5.15. The second kappa shape index (κ2) is 8.27. The summed E-state index contributed by atoms with van der Waals surface area (Å²) >= 11 is 0. The van der Waals surface area contributed by atoms with Crippen molar-refractivity contribution in [2.75, 3.05) is 13.1 Å². The van der Waals surface area contributed by atoms with Crippen LogP contribution in [0.25, 0.3) is 0 Å². The number of hydrogen-bond acceptors (Lipinski definition) is 7. The zero-order valence-electron chi connectivity index (χ0n) is 12.6. The van der Waals surface area contributed by atoms with Crippen molar-refractivity contribution in [3.05, 3.63) is 52.4 Å². The zero-order valence-corrected chi connectivity index (χ0v) is 12.6. The van der Waals surface area contributed by atoms with Gasteiger partial charge < -0.3 is 26.7 Å². The Kier molecular flexibility index (Phi) is 6.41. The van der Waals surface area contributed by atoms with Gasteiger partial charge in [0.05, 0.1) is 11.9 Å². The highest BCUT2D eigenvalue weighted by Gasteiger charge is 2.12. The highest BCUT2D eigenvalue weighted by Crippen LogP contribution is 2.02. The third kappa shape index (κ3) is 4.92. The normalized spacial score (nSPS) is 11.9.